The van der Waals surface area contributed by atoms with E-state index in [1.807, 2.05) is 30.3 Å². The van der Waals surface area contributed by atoms with Crippen LogP contribution >= 0.6 is 0 Å². The molecule has 0 aliphatic heterocycles. The van der Waals surface area contributed by atoms with E-state index in [-0.39, 0.29) is 12.5 Å². The highest BCUT2D eigenvalue weighted by atomic mass is 16.5. The standard InChI is InChI=1S/C19H17NO3.CH4O/c1-4-16-12-17(10-11-18(16)20(3)14(2)21)19(22)23-13-15-8-6-5-7-9-15;1-2/h1,5-12H,13H2,2-3H3;2H,1H3. The number of benzene rings is 2. The molecule has 130 valence electrons. The second-order valence-corrected chi connectivity index (χ2v) is 5.02. The molecular formula is C20H21NO4. The summed E-state index contributed by atoms with van der Waals surface area (Å²) < 4.78 is 5.27. The molecular weight excluding hydrogens is 318 g/mol. The van der Waals surface area contributed by atoms with Crippen molar-refractivity contribution in [3.63, 3.8) is 0 Å². The molecule has 2 aromatic rings. The minimum Gasteiger partial charge on any atom is -0.457 e. The van der Waals surface area contributed by atoms with Gasteiger partial charge in [-0.2, -0.15) is 0 Å². The molecule has 2 aromatic carbocycles. The van der Waals surface area contributed by atoms with E-state index in [0.29, 0.717) is 16.8 Å². The number of rotatable bonds is 4. The minimum absolute atomic E-state index is 0.138. The van der Waals surface area contributed by atoms with Crippen molar-refractivity contribution in [1.82, 2.24) is 0 Å². The largest absolute Gasteiger partial charge is 0.457 e. The van der Waals surface area contributed by atoms with Gasteiger partial charge in [-0.3, -0.25) is 4.79 Å². The van der Waals surface area contributed by atoms with E-state index < -0.39 is 5.97 Å². The first-order valence-electron chi connectivity index (χ1n) is 7.53. The van der Waals surface area contributed by atoms with Crippen molar-refractivity contribution in [1.29, 1.82) is 0 Å². The Morgan fingerprint density at radius 2 is 1.80 bits per heavy atom. The lowest BCUT2D eigenvalue weighted by Crippen LogP contribution is -2.23. The van der Waals surface area contributed by atoms with E-state index >= 15 is 0 Å². The highest BCUT2D eigenvalue weighted by Crippen LogP contribution is 2.21. The number of terminal acetylenes is 1. The molecule has 1 amide bonds. The van der Waals surface area contributed by atoms with Crippen LogP contribution in [0.4, 0.5) is 5.69 Å². The topological polar surface area (TPSA) is 66.8 Å². The van der Waals surface area contributed by atoms with Crippen LogP contribution in [0.5, 0.6) is 0 Å². The van der Waals surface area contributed by atoms with Crippen molar-refractivity contribution >= 4 is 17.6 Å². The van der Waals surface area contributed by atoms with Gasteiger partial charge < -0.3 is 14.7 Å². The number of amides is 1. The predicted molar refractivity (Wildman–Crippen MR) is 97.2 cm³/mol. The zero-order chi connectivity index (χ0) is 18.8. The minimum atomic E-state index is -0.456. The third-order valence-electron chi connectivity index (χ3n) is 3.43. The van der Waals surface area contributed by atoms with Gasteiger partial charge in [0.1, 0.15) is 6.61 Å². The first-order valence-corrected chi connectivity index (χ1v) is 7.53. The summed E-state index contributed by atoms with van der Waals surface area (Å²) in [6.45, 7) is 1.64. The van der Waals surface area contributed by atoms with E-state index in [9.17, 15) is 9.59 Å². The van der Waals surface area contributed by atoms with Crippen LogP contribution in [0.3, 0.4) is 0 Å². The highest BCUT2D eigenvalue weighted by molar-refractivity contribution is 5.95. The number of ether oxygens (including phenoxy) is 1. The summed E-state index contributed by atoms with van der Waals surface area (Å²) in [5, 5.41) is 7.00. The molecule has 1 N–H and O–H groups in total. The zero-order valence-corrected chi connectivity index (χ0v) is 14.5. The normalized spacial score (nSPS) is 9.24. The van der Waals surface area contributed by atoms with Gasteiger partial charge in [-0.05, 0) is 23.8 Å². The number of hydrogen-bond acceptors (Lipinski definition) is 4. The van der Waals surface area contributed by atoms with Crippen molar-refractivity contribution in [3.8, 4) is 12.3 Å². The molecule has 0 aliphatic rings. The molecule has 5 nitrogen and oxygen atoms in total. The van der Waals surface area contributed by atoms with Crippen LogP contribution < -0.4 is 4.90 Å². The monoisotopic (exact) mass is 339 g/mol. The Kier molecular flexibility index (Phi) is 7.91. The summed E-state index contributed by atoms with van der Waals surface area (Å²) >= 11 is 0. The summed E-state index contributed by atoms with van der Waals surface area (Å²) in [6.07, 6.45) is 5.48. The number of anilines is 1. The van der Waals surface area contributed by atoms with Crippen LogP contribution in [0.25, 0.3) is 0 Å². The molecule has 5 heteroatoms. The van der Waals surface area contributed by atoms with E-state index in [1.165, 1.54) is 11.8 Å². The summed E-state index contributed by atoms with van der Waals surface area (Å²) in [5.41, 5.74) is 2.32. The third-order valence-corrected chi connectivity index (χ3v) is 3.43. The van der Waals surface area contributed by atoms with Crippen LogP contribution in [0.1, 0.15) is 28.4 Å². The average molecular weight is 339 g/mol. The molecule has 0 saturated heterocycles. The molecule has 0 atom stereocenters. The molecule has 25 heavy (non-hydrogen) atoms. The fourth-order valence-corrected chi connectivity index (χ4v) is 2.05. The SMILES string of the molecule is C#Cc1cc(C(=O)OCc2ccccc2)ccc1N(C)C(C)=O.CO. The van der Waals surface area contributed by atoms with Gasteiger partial charge in [0.25, 0.3) is 0 Å². The fraction of sp³-hybridized carbons (Fsp3) is 0.200. The number of aliphatic hydroxyl groups is 1. The second kappa shape index (κ2) is 9.91. The Hall–Kier alpha value is -3.10. The van der Waals surface area contributed by atoms with Crippen LogP contribution in [-0.2, 0) is 16.1 Å². The average Bonchev–Trinajstić information content (AvgIpc) is 2.67. The van der Waals surface area contributed by atoms with E-state index in [2.05, 4.69) is 5.92 Å². The number of nitrogens with zero attached hydrogens (tertiary/aromatic N) is 1. The maximum atomic E-state index is 12.1. The first kappa shape index (κ1) is 19.9. The van der Waals surface area contributed by atoms with Crippen molar-refractivity contribution < 1.29 is 19.4 Å². The van der Waals surface area contributed by atoms with Crippen molar-refractivity contribution in [2.45, 2.75) is 13.5 Å². The molecule has 0 spiro atoms. The Labute approximate surface area is 147 Å². The number of hydrogen-bond donors (Lipinski definition) is 1. The number of carbonyl (C=O) groups is 2. The van der Waals surface area contributed by atoms with Crippen molar-refractivity contribution in [3.05, 3.63) is 65.2 Å². The van der Waals surface area contributed by atoms with Gasteiger partial charge in [0.2, 0.25) is 5.91 Å². The first-order chi connectivity index (χ1) is 12.0. The Bertz CT molecular complexity index is 763. The van der Waals surface area contributed by atoms with Crippen LogP contribution in [0.15, 0.2) is 48.5 Å². The quantitative estimate of drug-likeness (QED) is 0.687. The van der Waals surface area contributed by atoms with Gasteiger partial charge in [0.05, 0.1) is 11.3 Å². The summed E-state index contributed by atoms with van der Waals surface area (Å²) in [6, 6.07) is 14.2. The van der Waals surface area contributed by atoms with Gasteiger partial charge in [0.15, 0.2) is 0 Å². The van der Waals surface area contributed by atoms with E-state index in [0.717, 1.165) is 12.7 Å². The lowest BCUT2D eigenvalue weighted by Gasteiger charge is -2.17. The Morgan fingerprint density at radius 3 is 2.36 bits per heavy atom. The van der Waals surface area contributed by atoms with Gasteiger partial charge in [-0.25, -0.2) is 4.79 Å². The smallest absolute Gasteiger partial charge is 0.338 e. The molecule has 0 fully saturated rings. The van der Waals surface area contributed by atoms with Gasteiger partial charge in [-0.1, -0.05) is 36.3 Å². The summed E-state index contributed by atoms with van der Waals surface area (Å²) in [7, 11) is 2.63. The van der Waals surface area contributed by atoms with E-state index in [4.69, 9.17) is 16.3 Å². The van der Waals surface area contributed by atoms with Crippen molar-refractivity contribution in [2.75, 3.05) is 19.1 Å². The molecule has 0 saturated carbocycles. The zero-order valence-electron chi connectivity index (χ0n) is 14.5. The van der Waals surface area contributed by atoms with Gasteiger partial charge >= 0.3 is 5.97 Å². The Balaban J connectivity index is 0.00000151. The lowest BCUT2D eigenvalue weighted by molar-refractivity contribution is -0.116. The molecule has 0 heterocycles. The maximum absolute atomic E-state index is 12.1. The Morgan fingerprint density at radius 1 is 1.16 bits per heavy atom. The molecule has 0 radical (unpaired) electrons. The molecule has 0 unspecified atom stereocenters. The van der Waals surface area contributed by atoms with Gasteiger partial charge in [0, 0.05) is 26.6 Å². The number of aliphatic hydroxyl groups excluding tert-OH is 1. The number of carbonyl (C=O) groups excluding carboxylic acids is 2. The predicted octanol–water partition coefficient (Wildman–Crippen LogP) is 2.62. The van der Waals surface area contributed by atoms with Crippen LogP contribution in [-0.4, -0.2) is 31.1 Å². The van der Waals surface area contributed by atoms with Crippen LogP contribution in [0, 0.1) is 12.3 Å². The number of esters is 1. The highest BCUT2D eigenvalue weighted by Gasteiger charge is 2.14. The van der Waals surface area contributed by atoms with Crippen LogP contribution in [0.2, 0.25) is 0 Å². The fourth-order valence-electron chi connectivity index (χ4n) is 2.05. The van der Waals surface area contributed by atoms with Crippen molar-refractivity contribution in [2.24, 2.45) is 0 Å². The molecule has 0 bridgehead atoms. The molecule has 0 aromatic heterocycles. The maximum Gasteiger partial charge on any atom is 0.338 e. The van der Waals surface area contributed by atoms with E-state index in [1.54, 1.807) is 25.2 Å². The lowest BCUT2D eigenvalue weighted by atomic mass is 10.1. The van der Waals surface area contributed by atoms with Gasteiger partial charge in [-0.15, -0.1) is 6.42 Å². The molecule has 2 rings (SSSR count). The summed E-state index contributed by atoms with van der Waals surface area (Å²) in [5.74, 6) is 1.90. The third kappa shape index (κ3) is 5.48. The second-order valence-electron chi connectivity index (χ2n) is 5.02. The molecule has 0 aliphatic carbocycles. The summed E-state index contributed by atoms with van der Waals surface area (Å²) in [4.78, 5) is 25.0.